The van der Waals surface area contributed by atoms with E-state index >= 15 is 0 Å². The van der Waals surface area contributed by atoms with Gasteiger partial charge in [0.2, 0.25) is 0 Å². The number of alkyl halides is 3. The second-order valence-corrected chi connectivity index (χ2v) is 9.60. The number of fused-ring (bicyclic) bond motifs is 1. The summed E-state index contributed by atoms with van der Waals surface area (Å²) in [7, 11) is 0.787. The first kappa shape index (κ1) is 20.2. The van der Waals surface area contributed by atoms with Gasteiger partial charge < -0.3 is 4.57 Å². The number of imidazole rings is 1. The van der Waals surface area contributed by atoms with Gasteiger partial charge in [-0.2, -0.15) is 18.3 Å². The Hall–Kier alpha value is -2.68. The molecular formula is C22H21F3N4OS. The van der Waals surface area contributed by atoms with Gasteiger partial charge in [0, 0.05) is 35.5 Å². The van der Waals surface area contributed by atoms with Crippen molar-refractivity contribution >= 4 is 27.5 Å². The summed E-state index contributed by atoms with van der Waals surface area (Å²) in [6, 6.07) is 10.9. The highest BCUT2D eigenvalue weighted by Gasteiger charge is 2.31. The maximum absolute atomic E-state index is 13.1. The molecule has 1 atom stereocenters. The molecule has 0 N–H and O–H groups in total. The molecule has 31 heavy (non-hydrogen) atoms. The molecule has 9 heteroatoms. The maximum atomic E-state index is 13.1. The molecule has 0 spiro atoms. The van der Waals surface area contributed by atoms with E-state index in [1.807, 2.05) is 23.2 Å². The fraction of sp³-hybridized carbons (Fsp3) is 0.364. The van der Waals surface area contributed by atoms with Crippen LogP contribution in [0.15, 0.2) is 47.6 Å². The molecule has 1 saturated carbocycles. The average Bonchev–Trinajstić information content (AvgIpc) is 3.48. The minimum absolute atomic E-state index is 0.389. The third-order valence-corrected chi connectivity index (χ3v) is 6.86. The fourth-order valence-corrected chi connectivity index (χ4v) is 5.01. The summed E-state index contributed by atoms with van der Waals surface area (Å²) in [6.07, 6.45) is -2.01. The Morgan fingerprint density at radius 3 is 2.68 bits per heavy atom. The smallest absolute Gasteiger partial charge is 0.327 e. The summed E-state index contributed by atoms with van der Waals surface area (Å²) in [6.45, 7) is 0.834. The molecule has 2 heterocycles. The van der Waals surface area contributed by atoms with E-state index in [1.54, 1.807) is 17.7 Å². The Kier molecular flexibility index (Phi) is 4.88. The molecule has 2 aliphatic rings. The number of nitrogens with zero attached hydrogens (tertiary/aromatic N) is 4. The molecule has 1 unspecified atom stereocenters. The minimum atomic E-state index is -4.41. The Bertz CT molecular complexity index is 1210. The first-order chi connectivity index (χ1) is 14.8. The number of hydrogen-bond donors (Lipinski definition) is 0. The highest BCUT2D eigenvalue weighted by molar-refractivity contribution is 7.85. The summed E-state index contributed by atoms with van der Waals surface area (Å²) < 4.78 is 53.5. The van der Waals surface area contributed by atoms with Gasteiger partial charge in [-0.15, -0.1) is 0 Å². The largest absolute Gasteiger partial charge is 0.416 e. The Morgan fingerprint density at radius 1 is 1.13 bits per heavy atom. The van der Waals surface area contributed by atoms with E-state index in [1.165, 1.54) is 18.9 Å². The number of aromatic nitrogens is 2. The fourth-order valence-electron chi connectivity index (χ4n) is 3.90. The molecule has 5 rings (SSSR count). The lowest BCUT2D eigenvalue weighted by Gasteiger charge is -2.25. The molecule has 3 aromatic rings. The lowest BCUT2D eigenvalue weighted by molar-refractivity contribution is -0.137. The lowest BCUT2D eigenvalue weighted by Crippen LogP contribution is -2.34. The van der Waals surface area contributed by atoms with E-state index in [-0.39, 0.29) is 0 Å². The SMILES string of the molecule is Cn1c(-c2cccc(C(F)(F)F)c2)nc2cc(C3=NN(CC4CC4)CS(=O)C3)ccc21. The van der Waals surface area contributed by atoms with Crippen LogP contribution in [-0.2, 0) is 24.0 Å². The Balaban J connectivity index is 1.51. The van der Waals surface area contributed by atoms with Crippen LogP contribution in [0, 0.1) is 5.92 Å². The molecule has 162 valence electrons. The second-order valence-electron chi connectivity index (χ2n) is 8.17. The van der Waals surface area contributed by atoms with Gasteiger partial charge in [-0.05, 0) is 43.0 Å². The number of hydrogen-bond acceptors (Lipinski definition) is 4. The lowest BCUT2D eigenvalue weighted by atomic mass is 10.1. The first-order valence-corrected chi connectivity index (χ1v) is 11.6. The van der Waals surface area contributed by atoms with Crippen LogP contribution in [0.3, 0.4) is 0 Å². The molecule has 5 nitrogen and oxygen atoms in total. The number of hydrazone groups is 1. The van der Waals surface area contributed by atoms with Gasteiger partial charge in [-0.25, -0.2) is 4.98 Å². The third-order valence-electron chi connectivity index (χ3n) is 5.68. The van der Waals surface area contributed by atoms with Crippen molar-refractivity contribution in [3.05, 3.63) is 53.6 Å². The Labute approximate surface area is 180 Å². The van der Waals surface area contributed by atoms with Gasteiger partial charge in [0.15, 0.2) is 0 Å². The molecule has 0 amide bonds. The van der Waals surface area contributed by atoms with Crippen molar-refractivity contribution in [3.8, 4) is 11.4 Å². The molecule has 1 aliphatic heterocycles. The van der Waals surface area contributed by atoms with Crippen molar-refractivity contribution < 1.29 is 17.4 Å². The van der Waals surface area contributed by atoms with Gasteiger partial charge in [0.05, 0.1) is 28.1 Å². The molecular weight excluding hydrogens is 425 g/mol. The molecule has 0 radical (unpaired) electrons. The minimum Gasteiger partial charge on any atom is -0.327 e. The summed E-state index contributed by atoms with van der Waals surface area (Å²) >= 11 is 0. The zero-order valence-corrected chi connectivity index (χ0v) is 17.7. The van der Waals surface area contributed by atoms with Crippen LogP contribution in [0.1, 0.15) is 24.0 Å². The highest BCUT2D eigenvalue weighted by Crippen LogP contribution is 2.33. The predicted octanol–water partition coefficient (Wildman–Crippen LogP) is 4.40. The van der Waals surface area contributed by atoms with Crippen LogP contribution in [0.25, 0.3) is 22.4 Å². The van der Waals surface area contributed by atoms with Crippen molar-refractivity contribution in [1.82, 2.24) is 14.6 Å². The van der Waals surface area contributed by atoms with E-state index in [2.05, 4.69) is 4.98 Å². The van der Waals surface area contributed by atoms with E-state index in [0.717, 1.165) is 35.5 Å². The molecule has 1 aliphatic carbocycles. The van der Waals surface area contributed by atoms with Gasteiger partial charge in [-0.1, -0.05) is 18.2 Å². The van der Waals surface area contributed by atoms with Crippen molar-refractivity contribution in [2.75, 3.05) is 18.2 Å². The van der Waals surface area contributed by atoms with Crippen molar-refractivity contribution in [3.63, 3.8) is 0 Å². The average molecular weight is 446 g/mol. The van der Waals surface area contributed by atoms with Gasteiger partial charge >= 0.3 is 6.18 Å². The van der Waals surface area contributed by atoms with Crippen LogP contribution in [-0.4, -0.2) is 42.7 Å². The van der Waals surface area contributed by atoms with Crippen LogP contribution < -0.4 is 0 Å². The monoisotopic (exact) mass is 446 g/mol. The molecule has 0 saturated heterocycles. The number of benzene rings is 2. The van der Waals surface area contributed by atoms with Crippen LogP contribution in [0.4, 0.5) is 13.2 Å². The van der Waals surface area contributed by atoms with E-state index in [0.29, 0.717) is 34.5 Å². The van der Waals surface area contributed by atoms with E-state index in [9.17, 15) is 17.4 Å². The number of halogens is 3. The molecule has 1 fully saturated rings. The summed E-state index contributed by atoms with van der Waals surface area (Å²) in [4.78, 5) is 4.61. The quantitative estimate of drug-likeness (QED) is 0.597. The van der Waals surface area contributed by atoms with E-state index < -0.39 is 22.5 Å². The van der Waals surface area contributed by atoms with Gasteiger partial charge in [0.1, 0.15) is 11.7 Å². The summed E-state index contributed by atoms with van der Waals surface area (Å²) in [5, 5.41) is 6.62. The van der Waals surface area contributed by atoms with Crippen LogP contribution >= 0.6 is 0 Å². The van der Waals surface area contributed by atoms with Gasteiger partial charge in [0.25, 0.3) is 0 Å². The number of aryl methyl sites for hydroxylation is 1. The number of rotatable bonds is 4. The second kappa shape index (κ2) is 7.47. The zero-order chi connectivity index (χ0) is 21.8. The zero-order valence-electron chi connectivity index (χ0n) is 16.9. The highest BCUT2D eigenvalue weighted by atomic mass is 32.2. The third kappa shape index (κ3) is 4.11. The first-order valence-electron chi connectivity index (χ1n) is 10.1. The van der Waals surface area contributed by atoms with Crippen molar-refractivity contribution in [1.29, 1.82) is 0 Å². The van der Waals surface area contributed by atoms with Crippen molar-refractivity contribution in [2.45, 2.75) is 19.0 Å². The van der Waals surface area contributed by atoms with Crippen LogP contribution in [0.5, 0.6) is 0 Å². The van der Waals surface area contributed by atoms with Crippen LogP contribution in [0.2, 0.25) is 0 Å². The topological polar surface area (TPSA) is 50.5 Å². The molecule has 2 aromatic carbocycles. The standard InChI is InChI=1S/C22H21F3N4OS/c1-28-20-8-7-15(19-12-31(30)13-29(27-19)11-14-5-6-14)10-18(20)26-21(28)16-3-2-4-17(9-16)22(23,24)25/h2-4,7-10,14H,5-6,11-13H2,1H3. The summed E-state index contributed by atoms with van der Waals surface area (Å²) in [5.41, 5.74) is 2.78. The normalized spacial score (nSPS) is 19.7. The van der Waals surface area contributed by atoms with Gasteiger partial charge in [-0.3, -0.25) is 9.22 Å². The summed E-state index contributed by atoms with van der Waals surface area (Å²) in [5.74, 6) is 1.96. The molecule has 1 aromatic heterocycles. The van der Waals surface area contributed by atoms with Crippen molar-refractivity contribution in [2.24, 2.45) is 18.1 Å². The maximum Gasteiger partial charge on any atom is 0.416 e. The predicted molar refractivity (Wildman–Crippen MR) is 115 cm³/mol. The Morgan fingerprint density at radius 2 is 1.94 bits per heavy atom. The molecule has 0 bridgehead atoms. The van der Waals surface area contributed by atoms with E-state index in [4.69, 9.17) is 5.10 Å².